The van der Waals surface area contributed by atoms with Gasteiger partial charge in [-0.25, -0.2) is 17.5 Å². The maximum atomic E-state index is 14.3. The summed E-state index contributed by atoms with van der Waals surface area (Å²) in [6.07, 6.45) is 6.84. The van der Waals surface area contributed by atoms with Gasteiger partial charge in [0.05, 0.1) is 24.4 Å². The Morgan fingerprint density at radius 3 is 2.35 bits per heavy atom. The van der Waals surface area contributed by atoms with Crippen molar-refractivity contribution in [2.24, 2.45) is 5.92 Å². The Hall–Kier alpha value is -2.22. The van der Waals surface area contributed by atoms with Crippen LogP contribution in [0.1, 0.15) is 62.7 Å². The molecule has 0 radical (unpaired) electrons. The van der Waals surface area contributed by atoms with Crippen molar-refractivity contribution in [1.82, 2.24) is 24.7 Å². The summed E-state index contributed by atoms with van der Waals surface area (Å²) in [5.74, 6) is -0.614. The molecule has 13 heteroatoms. The quantitative estimate of drug-likeness (QED) is 0.397. The van der Waals surface area contributed by atoms with Crippen LogP contribution in [0.25, 0.3) is 0 Å². The van der Waals surface area contributed by atoms with E-state index in [0.717, 1.165) is 43.4 Å². The summed E-state index contributed by atoms with van der Waals surface area (Å²) >= 11 is 1.52. The number of piperazine rings is 1. The molecule has 4 aliphatic rings. The molecule has 0 spiro atoms. The van der Waals surface area contributed by atoms with Crippen molar-refractivity contribution in [3.05, 3.63) is 22.4 Å². The van der Waals surface area contributed by atoms with Crippen LogP contribution in [-0.2, 0) is 26.2 Å². The lowest BCUT2D eigenvalue weighted by Crippen LogP contribution is -2.65. The van der Waals surface area contributed by atoms with Gasteiger partial charge in [-0.05, 0) is 55.9 Å². The van der Waals surface area contributed by atoms with Crippen LogP contribution in [-0.4, -0.2) is 102 Å². The predicted octanol–water partition coefficient (Wildman–Crippen LogP) is 2.05. The van der Waals surface area contributed by atoms with E-state index in [-0.39, 0.29) is 48.7 Å². The molecule has 3 amide bonds. The van der Waals surface area contributed by atoms with E-state index in [9.17, 15) is 27.9 Å². The van der Waals surface area contributed by atoms with Crippen LogP contribution < -0.4 is 10.6 Å². The molecule has 4 fully saturated rings. The zero-order chi connectivity index (χ0) is 28.3. The van der Waals surface area contributed by atoms with Gasteiger partial charge in [-0.3, -0.25) is 9.59 Å². The molecule has 2 aliphatic heterocycles. The van der Waals surface area contributed by atoms with Gasteiger partial charge in [-0.1, -0.05) is 25.3 Å². The molecule has 1 unspecified atom stereocenters. The van der Waals surface area contributed by atoms with Crippen LogP contribution in [0.2, 0.25) is 0 Å². The monoisotopic (exact) mass is 595 g/mol. The Morgan fingerprint density at radius 1 is 1.00 bits per heavy atom. The topological polar surface area (TPSA) is 139 Å². The van der Waals surface area contributed by atoms with Gasteiger partial charge in [0.15, 0.2) is 0 Å². The first-order chi connectivity index (χ1) is 19.2. The van der Waals surface area contributed by atoms with Crippen LogP contribution in [0, 0.1) is 5.92 Å². The summed E-state index contributed by atoms with van der Waals surface area (Å²) in [7, 11) is -3.26. The number of nitrogens with one attached hydrogen (secondary N) is 2. The highest BCUT2D eigenvalue weighted by atomic mass is 32.2. The maximum Gasteiger partial charge on any atom is 0.407 e. The van der Waals surface area contributed by atoms with Crippen LogP contribution in [0.15, 0.2) is 17.5 Å². The van der Waals surface area contributed by atoms with Gasteiger partial charge in [0.1, 0.15) is 6.04 Å². The minimum Gasteiger partial charge on any atom is -0.465 e. The molecule has 2 saturated heterocycles. The van der Waals surface area contributed by atoms with Crippen LogP contribution in [0.3, 0.4) is 0 Å². The number of thiophene rings is 1. The first kappa shape index (κ1) is 29.3. The molecule has 222 valence electrons. The van der Waals surface area contributed by atoms with E-state index in [1.165, 1.54) is 22.7 Å². The van der Waals surface area contributed by atoms with Crippen molar-refractivity contribution >= 4 is 39.3 Å². The van der Waals surface area contributed by atoms with Crippen molar-refractivity contribution in [3.8, 4) is 0 Å². The van der Waals surface area contributed by atoms with Gasteiger partial charge < -0.3 is 25.5 Å². The van der Waals surface area contributed by atoms with Gasteiger partial charge in [0.2, 0.25) is 21.8 Å². The average molecular weight is 596 g/mol. The summed E-state index contributed by atoms with van der Waals surface area (Å²) in [5, 5.41) is 17.8. The number of carbonyl (C=O) groups excluding carboxylic acids is 2. The van der Waals surface area contributed by atoms with E-state index in [1.54, 1.807) is 9.21 Å². The van der Waals surface area contributed by atoms with E-state index in [1.807, 2.05) is 17.5 Å². The van der Waals surface area contributed by atoms with E-state index in [0.29, 0.717) is 32.5 Å². The molecule has 3 heterocycles. The van der Waals surface area contributed by atoms with Gasteiger partial charge in [0.25, 0.3) is 0 Å². The fourth-order valence-corrected chi connectivity index (χ4v) is 8.82. The maximum absolute atomic E-state index is 14.3. The van der Waals surface area contributed by atoms with Crippen molar-refractivity contribution in [2.45, 2.75) is 87.7 Å². The minimum atomic E-state index is -3.26. The van der Waals surface area contributed by atoms with Crippen LogP contribution in [0.5, 0.6) is 0 Å². The highest BCUT2D eigenvalue weighted by molar-refractivity contribution is 7.90. The number of piperidine rings is 1. The Kier molecular flexibility index (Phi) is 9.33. The lowest BCUT2D eigenvalue weighted by molar-refractivity contribution is -0.146. The molecule has 2 aliphatic carbocycles. The number of sulfonamides is 1. The van der Waals surface area contributed by atoms with E-state index in [4.69, 9.17) is 0 Å². The molecule has 3 N–H and O–H groups in total. The van der Waals surface area contributed by atoms with E-state index >= 15 is 0 Å². The van der Waals surface area contributed by atoms with Crippen LogP contribution >= 0.6 is 11.3 Å². The Balaban J connectivity index is 1.32. The van der Waals surface area contributed by atoms with Crippen molar-refractivity contribution in [2.75, 3.05) is 32.7 Å². The Labute approximate surface area is 240 Å². The first-order valence-electron chi connectivity index (χ1n) is 14.6. The molecule has 11 nitrogen and oxygen atoms in total. The van der Waals surface area contributed by atoms with Crippen molar-refractivity contribution < 1.29 is 27.9 Å². The Bertz CT molecular complexity index is 1140. The Morgan fingerprint density at radius 2 is 1.73 bits per heavy atom. The van der Waals surface area contributed by atoms with Crippen LogP contribution in [0.4, 0.5) is 4.79 Å². The van der Waals surface area contributed by atoms with E-state index < -0.39 is 28.2 Å². The third-order valence-electron chi connectivity index (χ3n) is 8.82. The molecular formula is C27H41N5O6S2. The fourth-order valence-electron chi connectivity index (χ4n) is 6.30. The zero-order valence-electron chi connectivity index (χ0n) is 22.9. The first-order valence-corrected chi connectivity index (χ1v) is 17.0. The van der Waals surface area contributed by atoms with Gasteiger partial charge in [-0.15, -0.1) is 11.3 Å². The number of amides is 3. The number of carboxylic acid groups (broad SMARTS) is 1. The number of hydrogen-bond donors (Lipinski definition) is 3. The molecule has 1 aromatic heterocycles. The SMILES string of the molecule is O=C(NCc1cccs1)[C@@H]1CN(C(=O)O)CCN1C(=O)C(NC1CCCCC1)C1CCN(S(=O)(=O)C2CC2)CC1. The lowest BCUT2D eigenvalue weighted by atomic mass is 9.86. The van der Waals surface area contributed by atoms with Crippen molar-refractivity contribution in [1.29, 1.82) is 0 Å². The van der Waals surface area contributed by atoms with Gasteiger partial charge >= 0.3 is 6.09 Å². The lowest BCUT2D eigenvalue weighted by Gasteiger charge is -2.44. The number of rotatable bonds is 9. The molecular weight excluding hydrogens is 554 g/mol. The largest absolute Gasteiger partial charge is 0.465 e. The molecule has 40 heavy (non-hydrogen) atoms. The molecule has 0 bridgehead atoms. The number of hydrogen-bond acceptors (Lipinski definition) is 7. The van der Waals surface area contributed by atoms with E-state index in [2.05, 4.69) is 10.6 Å². The second-order valence-electron chi connectivity index (χ2n) is 11.5. The van der Waals surface area contributed by atoms with Crippen molar-refractivity contribution in [3.63, 3.8) is 0 Å². The summed E-state index contributed by atoms with van der Waals surface area (Å²) in [6.45, 7) is 1.32. The summed E-state index contributed by atoms with van der Waals surface area (Å²) in [4.78, 5) is 43.2. The average Bonchev–Trinajstić information content (AvgIpc) is 3.71. The highest BCUT2D eigenvalue weighted by Gasteiger charge is 2.45. The molecule has 5 rings (SSSR count). The molecule has 0 aromatic carbocycles. The normalized spacial score (nSPS) is 24.6. The standard InChI is InChI=1S/C27H41N5O6S2/c33-25(28-17-21-7-4-16-39-21)23-18-30(27(35)36)14-15-32(23)26(34)24(29-20-5-2-1-3-6-20)19-10-12-31(13-11-19)40(37,38)22-8-9-22/h4,7,16,19-20,22-24,29H,1-3,5-6,8-15,17-18H2,(H,28,33)(H,35,36)/t23-,24?/m0/s1. The number of nitrogens with zero attached hydrogens (tertiary/aromatic N) is 3. The molecule has 1 aromatic rings. The summed E-state index contributed by atoms with van der Waals surface area (Å²) in [6, 6.07) is 2.54. The zero-order valence-corrected chi connectivity index (χ0v) is 24.5. The molecule has 2 saturated carbocycles. The molecule has 2 atom stereocenters. The predicted molar refractivity (Wildman–Crippen MR) is 151 cm³/mol. The summed E-state index contributed by atoms with van der Waals surface area (Å²) < 4.78 is 27.2. The minimum absolute atomic E-state index is 0.0626. The second kappa shape index (κ2) is 12.7. The fraction of sp³-hybridized carbons (Fsp3) is 0.741. The van der Waals surface area contributed by atoms with Gasteiger partial charge in [0, 0.05) is 37.1 Å². The number of carbonyl (C=O) groups is 3. The third kappa shape index (κ3) is 6.80. The summed E-state index contributed by atoms with van der Waals surface area (Å²) in [5.41, 5.74) is 0. The smallest absolute Gasteiger partial charge is 0.407 e. The van der Waals surface area contributed by atoms with Gasteiger partial charge in [-0.2, -0.15) is 0 Å². The highest BCUT2D eigenvalue weighted by Crippen LogP contribution is 2.34. The second-order valence-corrected chi connectivity index (χ2v) is 14.8. The third-order valence-corrected chi connectivity index (χ3v) is 12.1.